The Morgan fingerprint density at radius 3 is 2.31 bits per heavy atom. The molecule has 0 radical (unpaired) electrons. The predicted molar refractivity (Wildman–Crippen MR) is 65.9 cm³/mol. The molecule has 92 valence electrons. The Morgan fingerprint density at radius 1 is 1.25 bits per heavy atom. The molecular formula is C12H24N4. The summed E-state index contributed by atoms with van der Waals surface area (Å²) in [5.41, 5.74) is 1.13. The van der Waals surface area contributed by atoms with Crippen molar-refractivity contribution in [2.75, 3.05) is 6.54 Å². The first-order chi connectivity index (χ1) is 7.52. The number of aromatic nitrogens is 3. The molecule has 0 aliphatic rings. The van der Waals surface area contributed by atoms with E-state index in [1.807, 2.05) is 17.9 Å². The summed E-state index contributed by atoms with van der Waals surface area (Å²) in [7, 11) is 1.92. The Labute approximate surface area is 98.4 Å². The molecule has 0 aliphatic carbocycles. The van der Waals surface area contributed by atoms with Gasteiger partial charge in [-0.25, -0.2) is 0 Å². The summed E-state index contributed by atoms with van der Waals surface area (Å²) >= 11 is 0. The van der Waals surface area contributed by atoms with E-state index < -0.39 is 0 Å². The van der Waals surface area contributed by atoms with Gasteiger partial charge in [-0.15, -0.1) is 5.10 Å². The maximum absolute atomic E-state index is 3.91. The maximum Gasteiger partial charge on any atom is 0.0738 e. The summed E-state index contributed by atoms with van der Waals surface area (Å²) in [5.74, 6) is 2.16. The van der Waals surface area contributed by atoms with Crippen LogP contribution >= 0.6 is 0 Å². The summed E-state index contributed by atoms with van der Waals surface area (Å²) in [5, 5.41) is 11.3. The summed E-state index contributed by atoms with van der Waals surface area (Å²) in [6.45, 7) is 11.1. The average molecular weight is 224 g/mol. The van der Waals surface area contributed by atoms with Crippen LogP contribution in [-0.2, 0) is 13.6 Å². The minimum absolute atomic E-state index is 0.720. The van der Waals surface area contributed by atoms with Crippen molar-refractivity contribution in [3.63, 3.8) is 0 Å². The molecule has 0 bridgehead atoms. The lowest BCUT2D eigenvalue weighted by molar-refractivity contribution is 0.275. The average Bonchev–Trinajstić information content (AvgIpc) is 2.57. The number of nitrogens with one attached hydrogen (secondary N) is 1. The van der Waals surface area contributed by atoms with Gasteiger partial charge in [0.1, 0.15) is 0 Å². The summed E-state index contributed by atoms with van der Waals surface area (Å²) < 4.78 is 1.81. The number of hydrogen-bond donors (Lipinski definition) is 1. The standard InChI is InChI=1S/C12H24N4/c1-9(2)12(10(3)4)8-13-6-11-7-14-15-16(11)5/h7,9-10,12-13H,6,8H2,1-5H3. The lowest BCUT2D eigenvalue weighted by Crippen LogP contribution is -2.30. The number of aryl methyl sites for hydroxylation is 1. The van der Waals surface area contributed by atoms with Crippen molar-refractivity contribution in [1.29, 1.82) is 0 Å². The van der Waals surface area contributed by atoms with Crippen molar-refractivity contribution in [1.82, 2.24) is 20.3 Å². The molecule has 1 heterocycles. The second kappa shape index (κ2) is 5.99. The second-order valence-electron chi connectivity index (χ2n) is 5.13. The van der Waals surface area contributed by atoms with Gasteiger partial charge >= 0.3 is 0 Å². The Hall–Kier alpha value is -0.900. The van der Waals surface area contributed by atoms with E-state index in [0.29, 0.717) is 0 Å². The summed E-state index contributed by atoms with van der Waals surface area (Å²) in [6, 6.07) is 0. The summed E-state index contributed by atoms with van der Waals surface area (Å²) in [6.07, 6.45) is 1.81. The van der Waals surface area contributed by atoms with E-state index in [2.05, 4.69) is 43.3 Å². The first-order valence-corrected chi connectivity index (χ1v) is 6.06. The fourth-order valence-electron chi connectivity index (χ4n) is 2.08. The molecule has 0 aliphatic heterocycles. The van der Waals surface area contributed by atoms with E-state index in [1.165, 1.54) is 0 Å². The third-order valence-electron chi connectivity index (χ3n) is 3.21. The van der Waals surface area contributed by atoms with Crippen LogP contribution in [-0.4, -0.2) is 21.5 Å². The van der Waals surface area contributed by atoms with Crippen LogP contribution < -0.4 is 5.32 Å². The van der Waals surface area contributed by atoms with Gasteiger partial charge < -0.3 is 5.32 Å². The zero-order valence-corrected chi connectivity index (χ0v) is 11.1. The van der Waals surface area contributed by atoms with E-state index in [-0.39, 0.29) is 0 Å². The first-order valence-electron chi connectivity index (χ1n) is 6.06. The van der Waals surface area contributed by atoms with Crippen LogP contribution in [0.5, 0.6) is 0 Å². The van der Waals surface area contributed by atoms with E-state index in [4.69, 9.17) is 0 Å². The molecule has 0 fully saturated rings. The molecule has 4 heteroatoms. The third kappa shape index (κ3) is 3.59. The van der Waals surface area contributed by atoms with Crippen molar-refractivity contribution >= 4 is 0 Å². The quantitative estimate of drug-likeness (QED) is 0.801. The Morgan fingerprint density at radius 2 is 1.88 bits per heavy atom. The summed E-state index contributed by atoms with van der Waals surface area (Å²) in [4.78, 5) is 0. The number of nitrogens with zero attached hydrogens (tertiary/aromatic N) is 3. The van der Waals surface area contributed by atoms with Gasteiger partial charge in [-0.05, 0) is 24.3 Å². The Balaban J connectivity index is 2.37. The highest BCUT2D eigenvalue weighted by Gasteiger charge is 2.16. The highest BCUT2D eigenvalue weighted by molar-refractivity contribution is 4.92. The van der Waals surface area contributed by atoms with Gasteiger partial charge in [0.15, 0.2) is 0 Å². The van der Waals surface area contributed by atoms with Crippen molar-refractivity contribution in [2.45, 2.75) is 34.2 Å². The predicted octanol–water partition coefficient (Wildman–Crippen LogP) is 1.83. The van der Waals surface area contributed by atoms with Crippen LogP contribution in [0.3, 0.4) is 0 Å². The third-order valence-corrected chi connectivity index (χ3v) is 3.21. The Kier molecular flexibility index (Phi) is 4.93. The fraction of sp³-hybridized carbons (Fsp3) is 0.833. The van der Waals surface area contributed by atoms with E-state index in [1.54, 1.807) is 0 Å². The molecule has 0 atom stereocenters. The Bertz CT molecular complexity index is 296. The fourth-order valence-corrected chi connectivity index (χ4v) is 2.08. The molecule has 1 N–H and O–H groups in total. The smallest absolute Gasteiger partial charge is 0.0738 e. The van der Waals surface area contributed by atoms with Crippen LogP contribution in [0.2, 0.25) is 0 Å². The van der Waals surface area contributed by atoms with Gasteiger partial charge in [0.25, 0.3) is 0 Å². The lowest BCUT2D eigenvalue weighted by Gasteiger charge is -2.25. The highest BCUT2D eigenvalue weighted by atomic mass is 15.4. The van der Waals surface area contributed by atoms with E-state index in [0.717, 1.165) is 36.5 Å². The van der Waals surface area contributed by atoms with Gasteiger partial charge in [-0.1, -0.05) is 32.9 Å². The van der Waals surface area contributed by atoms with Gasteiger partial charge in [-0.2, -0.15) is 0 Å². The van der Waals surface area contributed by atoms with E-state index >= 15 is 0 Å². The molecule has 1 rings (SSSR count). The molecule has 0 saturated heterocycles. The molecule has 1 aromatic rings. The monoisotopic (exact) mass is 224 g/mol. The largest absolute Gasteiger partial charge is 0.311 e. The minimum atomic E-state index is 0.720. The van der Waals surface area contributed by atoms with Crippen molar-refractivity contribution in [3.8, 4) is 0 Å². The zero-order chi connectivity index (χ0) is 12.1. The minimum Gasteiger partial charge on any atom is -0.311 e. The highest BCUT2D eigenvalue weighted by Crippen LogP contribution is 2.19. The number of hydrogen-bond acceptors (Lipinski definition) is 3. The van der Waals surface area contributed by atoms with Crippen LogP contribution in [0.15, 0.2) is 6.20 Å². The van der Waals surface area contributed by atoms with Crippen LogP contribution in [0.4, 0.5) is 0 Å². The van der Waals surface area contributed by atoms with Crippen molar-refractivity contribution in [3.05, 3.63) is 11.9 Å². The second-order valence-corrected chi connectivity index (χ2v) is 5.13. The molecule has 0 saturated carbocycles. The van der Waals surface area contributed by atoms with Gasteiger partial charge in [-0.3, -0.25) is 4.68 Å². The number of rotatable bonds is 6. The lowest BCUT2D eigenvalue weighted by atomic mass is 9.85. The molecule has 16 heavy (non-hydrogen) atoms. The molecule has 0 spiro atoms. The van der Waals surface area contributed by atoms with Crippen LogP contribution in [0.25, 0.3) is 0 Å². The van der Waals surface area contributed by atoms with Gasteiger partial charge in [0.05, 0.1) is 11.9 Å². The van der Waals surface area contributed by atoms with Crippen molar-refractivity contribution < 1.29 is 0 Å². The van der Waals surface area contributed by atoms with Gasteiger partial charge in [0, 0.05) is 13.6 Å². The molecule has 0 amide bonds. The molecular weight excluding hydrogens is 200 g/mol. The van der Waals surface area contributed by atoms with Gasteiger partial charge in [0.2, 0.25) is 0 Å². The molecule has 4 nitrogen and oxygen atoms in total. The molecule has 0 aromatic carbocycles. The van der Waals surface area contributed by atoms with Crippen LogP contribution in [0.1, 0.15) is 33.4 Å². The zero-order valence-electron chi connectivity index (χ0n) is 11.1. The van der Waals surface area contributed by atoms with Crippen molar-refractivity contribution in [2.24, 2.45) is 24.8 Å². The molecule has 0 unspecified atom stereocenters. The maximum atomic E-state index is 3.91. The molecule has 1 aromatic heterocycles. The first kappa shape index (κ1) is 13.2. The van der Waals surface area contributed by atoms with E-state index in [9.17, 15) is 0 Å². The van der Waals surface area contributed by atoms with Crippen LogP contribution in [0, 0.1) is 17.8 Å². The topological polar surface area (TPSA) is 42.7 Å². The normalized spacial score (nSPS) is 12.0. The SMILES string of the molecule is CC(C)C(CNCc1cnnn1C)C(C)C.